The molecule has 0 radical (unpaired) electrons. The smallest absolute Gasteiger partial charge is 0.193 e. The molecule has 1 saturated carbocycles. The van der Waals surface area contributed by atoms with Gasteiger partial charge in [-0.3, -0.25) is 9.39 Å². The molecule has 26 heavy (non-hydrogen) atoms. The van der Waals surface area contributed by atoms with Gasteiger partial charge in [0.1, 0.15) is 5.82 Å². The Morgan fingerprint density at radius 3 is 3.00 bits per heavy atom. The summed E-state index contributed by atoms with van der Waals surface area (Å²) < 4.78 is 7.73. The van der Waals surface area contributed by atoms with Crippen LogP contribution in [0.25, 0.3) is 5.65 Å². The fraction of sp³-hybridized carbons (Fsp3) is 0.611. The van der Waals surface area contributed by atoms with E-state index in [-0.39, 0.29) is 24.0 Å². The molecule has 0 unspecified atom stereocenters. The van der Waals surface area contributed by atoms with Crippen LogP contribution in [0.5, 0.6) is 0 Å². The molecule has 0 aromatic carbocycles. The molecule has 8 heteroatoms. The van der Waals surface area contributed by atoms with E-state index in [9.17, 15) is 0 Å². The zero-order valence-corrected chi connectivity index (χ0v) is 17.9. The number of guanidine groups is 1. The van der Waals surface area contributed by atoms with Crippen molar-refractivity contribution in [3.8, 4) is 0 Å². The first-order chi connectivity index (χ1) is 12.3. The summed E-state index contributed by atoms with van der Waals surface area (Å²) in [5, 5.41) is 11.8. The second kappa shape index (κ2) is 10.7. The van der Waals surface area contributed by atoms with E-state index in [1.54, 1.807) is 0 Å². The lowest BCUT2D eigenvalue weighted by Gasteiger charge is -2.22. The van der Waals surface area contributed by atoms with Gasteiger partial charge in [0.05, 0.1) is 6.61 Å². The van der Waals surface area contributed by atoms with E-state index >= 15 is 0 Å². The highest BCUT2D eigenvalue weighted by Gasteiger charge is 2.21. The molecule has 0 atom stereocenters. The minimum Gasteiger partial charge on any atom is -0.379 e. The van der Waals surface area contributed by atoms with Gasteiger partial charge in [0, 0.05) is 45.9 Å². The zero-order valence-electron chi connectivity index (χ0n) is 15.6. The van der Waals surface area contributed by atoms with Gasteiger partial charge < -0.3 is 15.0 Å². The van der Waals surface area contributed by atoms with E-state index in [2.05, 4.69) is 34.4 Å². The summed E-state index contributed by atoms with van der Waals surface area (Å²) in [4.78, 5) is 6.84. The van der Waals surface area contributed by atoms with Crippen molar-refractivity contribution < 1.29 is 4.74 Å². The number of hydrogen-bond acceptors (Lipinski definition) is 4. The lowest BCUT2D eigenvalue weighted by molar-refractivity contribution is 0.115. The average Bonchev–Trinajstić information content (AvgIpc) is 3.37. The number of ether oxygens (including phenoxy) is 1. The number of nitrogens with one attached hydrogen (secondary N) is 1. The first kappa shape index (κ1) is 20.9. The highest BCUT2D eigenvalue weighted by molar-refractivity contribution is 14.0. The Bertz CT molecular complexity index is 700. The van der Waals surface area contributed by atoms with E-state index in [4.69, 9.17) is 9.73 Å². The third-order valence-electron chi connectivity index (χ3n) is 4.30. The topological polar surface area (TPSA) is 67.0 Å². The van der Waals surface area contributed by atoms with Gasteiger partial charge in [0.25, 0.3) is 0 Å². The maximum atomic E-state index is 5.72. The Balaban J connectivity index is 0.00000243. The number of likely N-dealkylation sites (N-methyl/N-ethyl adjacent to an activating group) is 1. The van der Waals surface area contributed by atoms with Crippen molar-refractivity contribution in [1.29, 1.82) is 0 Å². The van der Waals surface area contributed by atoms with E-state index in [1.165, 1.54) is 12.8 Å². The number of halogens is 1. The molecule has 0 spiro atoms. The lowest BCUT2D eigenvalue weighted by Crippen LogP contribution is -2.40. The number of rotatable bonds is 9. The number of hydrogen-bond donors (Lipinski definition) is 1. The van der Waals surface area contributed by atoms with Gasteiger partial charge in [-0.25, -0.2) is 0 Å². The van der Waals surface area contributed by atoms with Crippen molar-refractivity contribution >= 4 is 35.6 Å². The summed E-state index contributed by atoms with van der Waals surface area (Å²) in [5.41, 5.74) is 0.873. The Kier molecular flexibility index (Phi) is 8.56. The molecule has 1 aliphatic carbocycles. The van der Waals surface area contributed by atoms with E-state index < -0.39 is 0 Å². The predicted molar refractivity (Wildman–Crippen MR) is 114 cm³/mol. The predicted octanol–water partition coefficient (Wildman–Crippen LogP) is 2.21. The largest absolute Gasteiger partial charge is 0.379 e. The Morgan fingerprint density at radius 1 is 1.38 bits per heavy atom. The van der Waals surface area contributed by atoms with Crippen LogP contribution >= 0.6 is 24.0 Å². The Morgan fingerprint density at radius 2 is 2.23 bits per heavy atom. The summed E-state index contributed by atoms with van der Waals surface area (Å²) in [6.07, 6.45) is 5.41. The first-order valence-corrected chi connectivity index (χ1v) is 9.13. The molecular weight excluding hydrogens is 443 g/mol. The summed E-state index contributed by atoms with van der Waals surface area (Å²) in [7, 11) is 2.05. The lowest BCUT2D eigenvalue weighted by atomic mass is 10.4. The standard InChI is InChI=1S/C18H28N6O.HI/c1-3-19-18(23(2)12-13-25-14-15-7-8-15)20-10-9-17-22-21-16-6-4-5-11-24(16)17;/h4-6,11,15H,3,7-10,12-14H2,1-2H3,(H,19,20);1H. The number of nitrogens with zero attached hydrogens (tertiary/aromatic N) is 5. The quantitative estimate of drug-likeness (QED) is 0.263. The Hall–Kier alpha value is -1.42. The molecule has 2 aromatic heterocycles. The summed E-state index contributed by atoms with van der Waals surface area (Å²) in [5.74, 6) is 2.65. The van der Waals surface area contributed by atoms with Gasteiger partial charge in [0.2, 0.25) is 0 Å². The van der Waals surface area contributed by atoms with Gasteiger partial charge in [0.15, 0.2) is 11.6 Å². The summed E-state index contributed by atoms with van der Waals surface area (Å²) >= 11 is 0. The fourth-order valence-corrected chi connectivity index (χ4v) is 2.63. The van der Waals surface area contributed by atoms with Crippen LogP contribution in [0, 0.1) is 5.92 Å². The molecule has 2 heterocycles. The zero-order chi connectivity index (χ0) is 17.5. The van der Waals surface area contributed by atoms with Crippen molar-refractivity contribution in [3.63, 3.8) is 0 Å². The molecule has 1 aliphatic rings. The van der Waals surface area contributed by atoms with Gasteiger partial charge >= 0.3 is 0 Å². The molecule has 1 N–H and O–H groups in total. The monoisotopic (exact) mass is 472 g/mol. The average molecular weight is 472 g/mol. The SMILES string of the molecule is CCNC(=NCCc1nnc2ccccn12)N(C)CCOCC1CC1.I. The molecule has 0 saturated heterocycles. The second-order valence-electron chi connectivity index (χ2n) is 6.47. The first-order valence-electron chi connectivity index (χ1n) is 9.13. The van der Waals surface area contributed by atoms with Crippen molar-refractivity contribution in [3.05, 3.63) is 30.2 Å². The van der Waals surface area contributed by atoms with Crippen molar-refractivity contribution in [2.45, 2.75) is 26.2 Å². The van der Waals surface area contributed by atoms with E-state index in [0.29, 0.717) is 6.54 Å². The molecule has 1 fully saturated rings. The second-order valence-corrected chi connectivity index (χ2v) is 6.47. The van der Waals surface area contributed by atoms with Gasteiger partial charge in [-0.1, -0.05) is 6.07 Å². The molecule has 3 rings (SSSR count). The normalized spacial score (nSPS) is 14.3. The minimum absolute atomic E-state index is 0. The van der Waals surface area contributed by atoms with Crippen molar-refractivity contribution in [2.24, 2.45) is 10.9 Å². The van der Waals surface area contributed by atoms with Crippen LogP contribution < -0.4 is 5.32 Å². The summed E-state index contributed by atoms with van der Waals surface area (Å²) in [6.45, 7) is 6.09. The van der Waals surface area contributed by atoms with Gasteiger partial charge in [-0.15, -0.1) is 34.2 Å². The van der Waals surface area contributed by atoms with Crippen molar-refractivity contribution in [2.75, 3.05) is 39.9 Å². The van der Waals surface area contributed by atoms with Crippen LogP contribution in [0.2, 0.25) is 0 Å². The Labute approximate surface area is 172 Å². The van der Waals surface area contributed by atoms with Crippen molar-refractivity contribution in [1.82, 2.24) is 24.8 Å². The van der Waals surface area contributed by atoms with E-state index in [1.807, 2.05) is 28.8 Å². The highest BCUT2D eigenvalue weighted by Crippen LogP contribution is 2.28. The number of aromatic nitrogens is 3. The molecule has 7 nitrogen and oxygen atoms in total. The maximum Gasteiger partial charge on any atom is 0.193 e. The van der Waals surface area contributed by atoms with Gasteiger partial charge in [-0.2, -0.15) is 0 Å². The summed E-state index contributed by atoms with van der Waals surface area (Å²) in [6, 6.07) is 5.91. The fourth-order valence-electron chi connectivity index (χ4n) is 2.63. The van der Waals surface area contributed by atoms with Crippen LogP contribution in [-0.4, -0.2) is 65.4 Å². The van der Waals surface area contributed by atoms with E-state index in [0.717, 1.165) is 56.1 Å². The molecular formula is C18H29IN6O. The third-order valence-corrected chi connectivity index (χ3v) is 4.30. The molecule has 0 amide bonds. The number of pyridine rings is 1. The molecule has 144 valence electrons. The third kappa shape index (κ3) is 6.08. The van der Waals surface area contributed by atoms with Crippen LogP contribution in [0.4, 0.5) is 0 Å². The molecule has 0 bridgehead atoms. The van der Waals surface area contributed by atoms with Gasteiger partial charge in [-0.05, 0) is 37.8 Å². The molecule has 0 aliphatic heterocycles. The van der Waals surface area contributed by atoms with Crippen LogP contribution in [0.15, 0.2) is 29.4 Å². The van der Waals surface area contributed by atoms with Crippen LogP contribution in [0.3, 0.4) is 0 Å². The number of fused-ring (bicyclic) bond motifs is 1. The minimum atomic E-state index is 0. The maximum absolute atomic E-state index is 5.72. The number of aliphatic imine (C=N–C) groups is 1. The van der Waals surface area contributed by atoms with Crippen LogP contribution in [-0.2, 0) is 11.2 Å². The van der Waals surface area contributed by atoms with Crippen LogP contribution in [0.1, 0.15) is 25.6 Å². The molecule has 2 aromatic rings. The highest BCUT2D eigenvalue weighted by atomic mass is 127.